The molecule has 0 radical (unpaired) electrons. The summed E-state index contributed by atoms with van der Waals surface area (Å²) in [7, 11) is -3.55. The lowest BCUT2D eigenvalue weighted by Gasteiger charge is -2.34. The lowest BCUT2D eigenvalue weighted by Crippen LogP contribution is -2.57. The van der Waals surface area contributed by atoms with Crippen LogP contribution in [0.1, 0.15) is 23.8 Å². The second-order valence-electron chi connectivity index (χ2n) is 5.38. The summed E-state index contributed by atoms with van der Waals surface area (Å²) in [6.45, 7) is 0.910. The normalized spacial score (nSPS) is 18.7. The maximum atomic E-state index is 12.5. The van der Waals surface area contributed by atoms with Gasteiger partial charge < -0.3 is 15.7 Å². The largest absolute Gasteiger partial charge is 0.386 e. The Bertz CT molecular complexity index is 642. The predicted molar refractivity (Wildman–Crippen MR) is 94.2 cm³/mol. The fourth-order valence-corrected chi connectivity index (χ4v) is 4.96. The van der Waals surface area contributed by atoms with Crippen LogP contribution in [0.4, 0.5) is 0 Å². The van der Waals surface area contributed by atoms with E-state index >= 15 is 0 Å². The molecule has 1 aromatic rings. The van der Waals surface area contributed by atoms with E-state index in [1.165, 1.54) is 11.3 Å². The maximum Gasteiger partial charge on any atom is 0.241 e. The summed E-state index contributed by atoms with van der Waals surface area (Å²) >= 11 is 7.03. The van der Waals surface area contributed by atoms with Crippen LogP contribution >= 0.6 is 35.3 Å². The van der Waals surface area contributed by atoms with E-state index in [-0.39, 0.29) is 31.8 Å². The highest BCUT2D eigenvalue weighted by atomic mass is 35.5. The van der Waals surface area contributed by atoms with Crippen molar-refractivity contribution in [3.8, 4) is 0 Å². The third kappa shape index (κ3) is 4.58. The van der Waals surface area contributed by atoms with Crippen LogP contribution in [0.2, 0.25) is 4.34 Å². The van der Waals surface area contributed by atoms with Crippen LogP contribution in [0.25, 0.3) is 0 Å². The van der Waals surface area contributed by atoms with E-state index in [1.807, 2.05) is 0 Å². The number of aliphatic hydroxyl groups excluding tert-OH is 1. The van der Waals surface area contributed by atoms with Crippen molar-refractivity contribution in [2.24, 2.45) is 0 Å². The third-order valence-electron chi connectivity index (χ3n) is 3.91. The molecule has 1 atom stereocenters. The Kier molecular flexibility index (Phi) is 7.31. The first-order chi connectivity index (χ1) is 10.3. The highest BCUT2D eigenvalue weighted by Crippen LogP contribution is 2.29. The number of hydrogen-bond acceptors (Lipinski definition) is 6. The Morgan fingerprint density at radius 1 is 1.48 bits per heavy atom. The first-order valence-electron chi connectivity index (χ1n) is 6.88. The molecule has 0 aliphatic carbocycles. The average molecular weight is 403 g/mol. The van der Waals surface area contributed by atoms with Crippen molar-refractivity contribution in [3.63, 3.8) is 0 Å². The van der Waals surface area contributed by atoms with E-state index in [4.69, 9.17) is 11.6 Å². The van der Waals surface area contributed by atoms with Gasteiger partial charge in [0.2, 0.25) is 5.91 Å². The van der Waals surface area contributed by atoms with Crippen LogP contribution in [0.15, 0.2) is 12.1 Å². The topological polar surface area (TPSA) is 95.5 Å². The summed E-state index contributed by atoms with van der Waals surface area (Å²) in [6.07, 6.45) is 0.657. The average Bonchev–Trinajstić information content (AvgIpc) is 2.90. The van der Waals surface area contributed by atoms with Crippen molar-refractivity contribution in [3.05, 3.63) is 21.3 Å². The van der Waals surface area contributed by atoms with Crippen molar-refractivity contribution in [2.45, 2.75) is 23.7 Å². The highest BCUT2D eigenvalue weighted by Gasteiger charge is 2.48. The summed E-state index contributed by atoms with van der Waals surface area (Å²) in [5.41, 5.74) is 0. The summed E-state index contributed by atoms with van der Waals surface area (Å²) in [6, 6.07) is 3.35. The molecule has 3 N–H and O–H groups in total. The molecule has 1 unspecified atom stereocenters. The van der Waals surface area contributed by atoms with Crippen molar-refractivity contribution in [1.82, 2.24) is 10.6 Å². The molecule has 1 fully saturated rings. The minimum absolute atomic E-state index is 0. The number of halogens is 2. The van der Waals surface area contributed by atoms with E-state index in [0.717, 1.165) is 6.26 Å². The van der Waals surface area contributed by atoms with Crippen LogP contribution in [-0.4, -0.2) is 50.1 Å². The molecule has 0 spiro atoms. The number of piperidine rings is 1. The Morgan fingerprint density at radius 2 is 2.09 bits per heavy atom. The van der Waals surface area contributed by atoms with Gasteiger partial charge in [-0.15, -0.1) is 23.7 Å². The van der Waals surface area contributed by atoms with E-state index < -0.39 is 26.6 Å². The van der Waals surface area contributed by atoms with Gasteiger partial charge in [-0.25, -0.2) is 8.42 Å². The van der Waals surface area contributed by atoms with Gasteiger partial charge in [0, 0.05) is 17.7 Å². The van der Waals surface area contributed by atoms with Crippen molar-refractivity contribution in [2.75, 3.05) is 25.9 Å². The van der Waals surface area contributed by atoms with Crippen molar-refractivity contribution >= 4 is 51.1 Å². The third-order valence-corrected chi connectivity index (χ3v) is 7.26. The van der Waals surface area contributed by atoms with Crippen LogP contribution in [0.3, 0.4) is 0 Å². The van der Waals surface area contributed by atoms with Crippen LogP contribution in [0.5, 0.6) is 0 Å². The van der Waals surface area contributed by atoms with E-state index in [2.05, 4.69) is 10.6 Å². The molecule has 1 aromatic heterocycles. The number of aliphatic hydroxyl groups is 1. The van der Waals surface area contributed by atoms with Gasteiger partial charge in [-0.1, -0.05) is 11.6 Å². The molecule has 1 saturated heterocycles. The minimum Gasteiger partial charge on any atom is -0.386 e. The number of hydrogen-bond donors (Lipinski definition) is 3. The SMILES string of the molecule is CS(=O)(=O)C1(C(=O)NCC(O)c2ccc(Cl)s2)CCNCC1.Cl. The van der Waals surface area contributed by atoms with Crippen LogP contribution in [-0.2, 0) is 14.6 Å². The Labute approximate surface area is 150 Å². The number of rotatable bonds is 5. The smallest absolute Gasteiger partial charge is 0.241 e. The second kappa shape index (κ2) is 8.13. The number of carbonyl (C=O) groups excluding carboxylic acids is 1. The number of carbonyl (C=O) groups is 1. The van der Waals surface area contributed by atoms with Crippen LogP contribution in [0, 0.1) is 0 Å². The summed E-state index contributed by atoms with van der Waals surface area (Å²) in [5.74, 6) is -0.543. The van der Waals surface area contributed by atoms with E-state index in [9.17, 15) is 18.3 Å². The zero-order chi connectivity index (χ0) is 16.4. The molecule has 23 heavy (non-hydrogen) atoms. The molecule has 10 heteroatoms. The molecular weight excluding hydrogens is 383 g/mol. The molecule has 0 bridgehead atoms. The molecule has 1 amide bonds. The summed E-state index contributed by atoms with van der Waals surface area (Å²) in [4.78, 5) is 13.1. The van der Waals surface area contributed by atoms with Gasteiger partial charge in [-0.2, -0.15) is 0 Å². The number of thiophene rings is 1. The molecule has 0 saturated carbocycles. The molecule has 0 aromatic carbocycles. The summed E-state index contributed by atoms with van der Waals surface area (Å²) in [5, 5.41) is 15.7. The fourth-order valence-electron chi connectivity index (χ4n) is 2.56. The van der Waals surface area contributed by atoms with Gasteiger partial charge in [0.05, 0.1) is 4.34 Å². The number of nitrogens with one attached hydrogen (secondary N) is 2. The number of sulfone groups is 1. The summed E-state index contributed by atoms with van der Waals surface area (Å²) < 4.78 is 23.3. The highest BCUT2D eigenvalue weighted by molar-refractivity contribution is 7.92. The Hall–Kier alpha value is -0.380. The van der Waals surface area contributed by atoms with E-state index in [0.29, 0.717) is 22.3 Å². The molecular formula is C13H20Cl2N2O4S2. The first-order valence-corrected chi connectivity index (χ1v) is 9.97. The van der Waals surface area contributed by atoms with Gasteiger partial charge >= 0.3 is 0 Å². The van der Waals surface area contributed by atoms with Gasteiger partial charge in [-0.3, -0.25) is 4.79 Å². The molecule has 1 aliphatic heterocycles. The standard InChI is InChI=1S/C13H19ClN2O4S2.ClH/c1-22(19,20)13(4-6-15-7-5-13)12(18)16-8-9(17)10-2-3-11(14)21-10;/h2-3,9,15,17H,4-8H2,1H3,(H,16,18);1H. The van der Waals surface area contributed by atoms with Gasteiger partial charge in [0.15, 0.2) is 14.6 Å². The first kappa shape index (κ1) is 20.7. The molecule has 1 aliphatic rings. The maximum absolute atomic E-state index is 12.5. The molecule has 2 rings (SSSR count). The number of amides is 1. The van der Waals surface area contributed by atoms with E-state index in [1.54, 1.807) is 12.1 Å². The monoisotopic (exact) mass is 402 g/mol. The predicted octanol–water partition coefficient (Wildman–Crippen LogP) is 1.14. The fraction of sp³-hybridized carbons (Fsp3) is 0.615. The zero-order valence-corrected chi connectivity index (χ0v) is 15.7. The van der Waals surface area contributed by atoms with Gasteiger partial charge in [0.1, 0.15) is 6.10 Å². The van der Waals surface area contributed by atoms with Crippen molar-refractivity contribution in [1.29, 1.82) is 0 Å². The van der Waals surface area contributed by atoms with Gasteiger partial charge in [-0.05, 0) is 38.1 Å². The van der Waals surface area contributed by atoms with Crippen molar-refractivity contribution < 1.29 is 18.3 Å². The zero-order valence-electron chi connectivity index (χ0n) is 12.5. The molecule has 2 heterocycles. The molecule has 6 nitrogen and oxygen atoms in total. The van der Waals surface area contributed by atoms with Gasteiger partial charge in [0.25, 0.3) is 0 Å². The Balaban J connectivity index is 0.00000264. The Morgan fingerprint density at radius 3 is 2.57 bits per heavy atom. The van der Waals surface area contributed by atoms with Crippen LogP contribution < -0.4 is 10.6 Å². The quantitative estimate of drug-likeness (QED) is 0.686. The minimum atomic E-state index is -3.55. The lowest BCUT2D eigenvalue weighted by atomic mass is 9.96. The lowest BCUT2D eigenvalue weighted by molar-refractivity contribution is -0.124. The second-order valence-corrected chi connectivity index (χ2v) is 9.46. The molecule has 132 valence electrons.